The second kappa shape index (κ2) is 5.51. The first-order chi connectivity index (χ1) is 7.42. The highest BCUT2D eigenvalue weighted by molar-refractivity contribution is 6.81. The third-order valence-electron chi connectivity index (χ3n) is 2.19. The van der Waals surface area contributed by atoms with Crippen LogP contribution in [0.25, 0.3) is 5.57 Å². The normalized spacial score (nSPS) is 12.6. The minimum absolute atomic E-state index is 0.787. The van der Waals surface area contributed by atoms with Gasteiger partial charge in [0.05, 0.1) is 8.07 Å². The van der Waals surface area contributed by atoms with Crippen molar-refractivity contribution in [2.24, 2.45) is 0 Å². The molecule has 0 spiro atoms. The molecule has 0 amide bonds. The van der Waals surface area contributed by atoms with Gasteiger partial charge in [-0.1, -0.05) is 55.2 Å². The van der Waals surface area contributed by atoms with E-state index < -0.39 is 8.07 Å². The summed E-state index contributed by atoms with van der Waals surface area (Å²) in [6, 6.07) is 8.05. The minimum Gasteiger partial charge on any atom is -0.103 e. The SMILES string of the molecule is C=CC/C(=C\[Si](C)(C)C)c1ccc(Cl)cc1. The Labute approximate surface area is 105 Å². The summed E-state index contributed by atoms with van der Waals surface area (Å²) >= 11 is 5.90. The smallest absolute Gasteiger partial charge is 0.0691 e. The van der Waals surface area contributed by atoms with Crippen molar-refractivity contribution in [3.05, 3.63) is 53.2 Å². The number of rotatable bonds is 4. The maximum Gasteiger partial charge on any atom is 0.0691 e. The molecule has 0 unspecified atom stereocenters. The Balaban J connectivity index is 3.07. The lowest BCUT2D eigenvalue weighted by Crippen LogP contribution is -2.16. The molecule has 1 rings (SSSR count). The van der Waals surface area contributed by atoms with Crippen LogP contribution in [0.1, 0.15) is 12.0 Å². The molecule has 0 saturated heterocycles. The molecule has 0 fully saturated rings. The van der Waals surface area contributed by atoms with Gasteiger partial charge in [0.15, 0.2) is 0 Å². The minimum atomic E-state index is -1.20. The number of hydrogen-bond donors (Lipinski definition) is 0. The molecule has 0 bridgehead atoms. The van der Waals surface area contributed by atoms with Gasteiger partial charge in [-0.3, -0.25) is 0 Å². The highest BCUT2D eigenvalue weighted by Crippen LogP contribution is 2.23. The zero-order valence-electron chi connectivity index (χ0n) is 10.3. The molecule has 0 aliphatic rings. The Morgan fingerprint density at radius 1 is 1.25 bits per heavy atom. The fourth-order valence-corrected chi connectivity index (χ4v) is 3.06. The average molecular weight is 251 g/mol. The lowest BCUT2D eigenvalue weighted by molar-refractivity contribution is 1.40. The van der Waals surface area contributed by atoms with Crippen LogP contribution < -0.4 is 0 Å². The van der Waals surface area contributed by atoms with E-state index in [1.807, 2.05) is 18.2 Å². The number of allylic oxidation sites excluding steroid dienone is 2. The number of hydrogen-bond acceptors (Lipinski definition) is 0. The maximum atomic E-state index is 5.90. The summed E-state index contributed by atoms with van der Waals surface area (Å²) < 4.78 is 0. The molecule has 0 heterocycles. The van der Waals surface area contributed by atoms with Crippen LogP contribution in [0.5, 0.6) is 0 Å². The van der Waals surface area contributed by atoms with Crippen LogP contribution in [0, 0.1) is 0 Å². The molecule has 0 atom stereocenters. The molecule has 1 aromatic rings. The Hall–Kier alpha value is -0.793. The van der Waals surface area contributed by atoms with E-state index in [0.29, 0.717) is 0 Å². The zero-order valence-corrected chi connectivity index (χ0v) is 12.0. The van der Waals surface area contributed by atoms with Crippen molar-refractivity contribution in [2.75, 3.05) is 0 Å². The molecular weight excluding hydrogens is 232 g/mol. The van der Waals surface area contributed by atoms with Gasteiger partial charge < -0.3 is 0 Å². The third-order valence-corrected chi connectivity index (χ3v) is 3.65. The van der Waals surface area contributed by atoms with Crippen molar-refractivity contribution >= 4 is 25.2 Å². The van der Waals surface area contributed by atoms with Crippen LogP contribution in [-0.2, 0) is 0 Å². The van der Waals surface area contributed by atoms with Crippen molar-refractivity contribution in [3.8, 4) is 0 Å². The van der Waals surface area contributed by atoms with Crippen molar-refractivity contribution in [1.29, 1.82) is 0 Å². The highest BCUT2D eigenvalue weighted by atomic mass is 35.5. The van der Waals surface area contributed by atoms with Gasteiger partial charge in [-0.2, -0.15) is 0 Å². The quantitative estimate of drug-likeness (QED) is 0.510. The monoisotopic (exact) mass is 250 g/mol. The fourth-order valence-electron chi connectivity index (χ4n) is 1.60. The molecule has 86 valence electrons. The average Bonchev–Trinajstić information content (AvgIpc) is 2.16. The summed E-state index contributed by atoms with van der Waals surface area (Å²) in [7, 11) is -1.20. The molecule has 1 aromatic carbocycles. The van der Waals surface area contributed by atoms with E-state index in [-0.39, 0.29) is 0 Å². The summed E-state index contributed by atoms with van der Waals surface area (Å²) in [6.45, 7) is 10.8. The summed E-state index contributed by atoms with van der Waals surface area (Å²) in [5.41, 5.74) is 5.05. The van der Waals surface area contributed by atoms with Gasteiger partial charge in [0.2, 0.25) is 0 Å². The second-order valence-electron chi connectivity index (χ2n) is 5.04. The molecule has 2 heteroatoms. The van der Waals surface area contributed by atoms with E-state index in [2.05, 4.69) is 44.1 Å². The molecular formula is C14H19ClSi. The van der Waals surface area contributed by atoms with Gasteiger partial charge in [0.1, 0.15) is 0 Å². The van der Waals surface area contributed by atoms with Crippen LogP contribution in [0.4, 0.5) is 0 Å². The van der Waals surface area contributed by atoms with E-state index >= 15 is 0 Å². The van der Waals surface area contributed by atoms with E-state index in [1.54, 1.807) is 0 Å². The molecule has 0 saturated carbocycles. The first kappa shape index (κ1) is 13.3. The number of benzene rings is 1. The van der Waals surface area contributed by atoms with Gasteiger partial charge >= 0.3 is 0 Å². The Morgan fingerprint density at radius 2 is 1.81 bits per heavy atom. The molecule has 0 aliphatic heterocycles. The molecule has 0 aliphatic carbocycles. The van der Waals surface area contributed by atoms with Gasteiger partial charge in [-0.15, -0.1) is 6.58 Å². The number of halogens is 1. The first-order valence-electron chi connectivity index (χ1n) is 5.51. The maximum absolute atomic E-state index is 5.90. The summed E-state index contributed by atoms with van der Waals surface area (Å²) in [5.74, 6) is 0. The van der Waals surface area contributed by atoms with Crippen LogP contribution in [0.3, 0.4) is 0 Å². The standard InChI is InChI=1S/C14H19ClSi/c1-5-6-13(11-16(2,3)4)12-7-9-14(15)10-8-12/h5,7-11H,1,6H2,2-4H3/b13-11+. The van der Waals surface area contributed by atoms with Crippen LogP contribution in [0.2, 0.25) is 24.7 Å². The Kier molecular flexibility index (Phi) is 4.57. The molecule has 0 aromatic heterocycles. The summed E-state index contributed by atoms with van der Waals surface area (Å²) in [6.07, 6.45) is 2.88. The van der Waals surface area contributed by atoms with Gasteiger partial charge in [-0.05, 0) is 29.7 Å². The molecule has 16 heavy (non-hydrogen) atoms. The van der Waals surface area contributed by atoms with E-state index in [1.165, 1.54) is 11.1 Å². The predicted molar refractivity (Wildman–Crippen MR) is 77.6 cm³/mol. The summed E-state index contributed by atoms with van der Waals surface area (Å²) in [4.78, 5) is 0. The van der Waals surface area contributed by atoms with Gasteiger partial charge in [-0.25, -0.2) is 0 Å². The Bertz CT molecular complexity index is 382. The highest BCUT2D eigenvalue weighted by Gasteiger charge is 2.11. The van der Waals surface area contributed by atoms with Crippen molar-refractivity contribution in [3.63, 3.8) is 0 Å². The second-order valence-corrected chi connectivity index (χ2v) is 10.5. The largest absolute Gasteiger partial charge is 0.103 e. The van der Waals surface area contributed by atoms with Crippen LogP contribution >= 0.6 is 11.6 Å². The molecule has 0 radical (unpaired) electrons. The van der Waals surface area contributed by atoms with Gasteiger partial charge in [0, 0.05) is 5.02 Å². The fraction of sp³-hybridized carbons (Fsp3) is 0.286. The van der Waals surface area contributed by atoms with E-state index in [4.69, 9.17) is 11.6 Å². The van der Waals surface area contributed by atoms with E-state index in [0.717, 1.165) is 11.4 Å². The van der Waals surface area contributed by atoms with Crippen molar-refractivity contribution in [2.45, 2.75) is 26.1 Å². The zero-order chi connectivity index (χ0) is 12.2. The van der Waals surface area contributed by atoms with Crippen molar-refractivity contribution < 1.29 is 0 Å². The third kappa shape index (κ3) is 4.38. The van der Waals surface area contributed by atoms with Crippen LogP contribution in [0.15, 0.2) is 42.6 Å². The first-order valence-corrected chi connectivity index (χ1v) is 9.46. The lowest BCUT2D eigenvalue weighted by atomic mass is 10.1. The molecule has 0 N–H and O–H groups in total. The predicted octanol–water partition coefficient (Wildman–Crippen LogP) is 5.18. The van der Waals surface area contributed by atoms with E-state index in [9.17, 15) is 0 Å². The lowest BCUT2D eigenvalue weighted by Gasteiger charge is -2.14. The molecule has 0 nitrogen and oxygen atoms in total. The summed E-state index contributed by atoms with van der Waals surface area (Å²) in [5, 5.41) is 0.787. The van der Waals surface area contributed by atoms with Gasteiger partial charge in [0.25, 0.3) is 0 Å². The topological polar surface area (TPSA) is 0 Å². The Morgan fingerprint density at radius 3 is 2.25 bits per heavy atom. The van der Waals surface area contributed by atoms with Crippen LogP contribution in [-0.4, -0.2) is 8.07 Å². The van der Waals surface area contributed by atoms with Crippen molar-refractivity contribution in [1.82, 2.24) is 0 Å².